The molecule has 36 heavy (non-hydrogen) atoms. The van der Waals surface area contributed by atoms with Gasteiger partial charge < -0.3 is 18.9 Å². The summed E-state index contributed by atoms with van der Waals surface area (Å²) in [5.74, 6) is 0.181. The molecule has 3 aromatic rings. The third-order valence-corrected chi connectivity index (χ3v) is 5.90. The summed E-state index contributed by atoms with van der Waals surface area (Å²) in [6, 6.07) is 18.2. The van der Waals surface area contributed by atoms with Crippen molar-refractivity contribution in [2.24, 2.45) is 0 Å². The van der Waals surface area contributed by atoms with Crippen molar-refractivity contribution in [3.05, 3.63) is 101 Å². The van der Waals surface area contributed by atoms with Crippen LogP contribution in [0.5, 0.6) is 17.2 Å². The molecule has 4 rings (SSSR count). The van der Waals surface area contributed by atoms with E-state index in [2.05, 4.69) is 0 Å². The van der Waals surface area contributed by atoms with Crippen molar-refractivity contribution in [3.8, 4) is 17.2 Å². The molecular formula is C30H28O6. The molecule has 0 N–H and O–H groups in total. The van der Waals surface area contributed by atoms with E-state index in [9.17, 15) is 9.59 Å². The second kappa shape index (κ2) is 10.1. The molecule has 0 radical (unpaired) electrons. The van der Waals surface area contributed by atoms with Gasteiger partial charge in [0.2, 0.25) is 5.78 Å². The molecule has 6 heteroatoms. The first-order valence-electron chi connectivity index (χ1n) is 11.5. The van der Waals surface area contributed by atoms with Crippen molar-refractivity contribution in [2.75, 3.05) is 21.3 Å². The number of ether oxygens (including phenoxy) is 4. The molecule has 0 aliphatic carbocycles. The van der Waals surface area contributed by atoms with Crippen LogP contribution in [-0.2, 0) is 9.53 Å². The van der Waals surface area contributed by atoms with Gasteiger partial charge in [-0.1, -0.05) is 60.7 Å². The normalized spacial score (nSPS) is 13.9. The quantitative estimate of drug-likeness (QED) is 0.243. The van der Waals surface area contributed by atoms with Crippen LogP contribution in [0.4, 0.5) is 0 Å². The molecule has 0 saturated carbocycles. The summed E-state index contributed by atoms with van der Waals surface area (Å²) in [4.78, 5) is 26.4. The van der Waals surface area contributed by atoms with Gasteiger partial charge in [-0.3, -0.25) is 4.79 Å². The average Bonchev–Trinajstić information content (AvgIpc) is 2.90. The fourth-order valence-electron chi connectivity index (χ4n) is 4.24. The summed E-state index contributed by atoms with van der Waals surface area (Å²) in [5, 5.41) is 0. The van der Waals surface area contributed by atoms with Gasteiger partial charge in [0, 0.05) is 17.2 Å². The van der Waals surface area contributed by atoms with Crippen LogP contribution in [0.3, 0.4) is 0 Å². The van der Waals surface area contributed by atoms with Crippen molar-refractivity contribution in [1.29, 1.82) is 0 Å². The Bertz CT molecular complexity index is 1350. The minimum absolute atomic E-state index is 0.236. The monoisotopic (exact) mass is 484 g/mol. The van der Waals surface area contributed by atoms with Gasteiger partial charge >= 0.3 is 5.97 Å². The summed E-state index contributed by atoms with van der Waals surface area (Å²) in [6.45, 7) is 3.84. The highest BCUT2D eigenvalue weighted by Gasteiger charge is 2.36. The van der Waals surface area contributed by atoms with Gasteiger partial charge in [-0.25, -0.2) is 4.79 Å². The molecule has 1 aliphatic heterocycles. The molecule has 0 fully saturated rings. The van der Waals surface area contributed by atoms with Crippen LogP contribution < -0.4 is 14.2 Å². The van der Waals surface area contributed by atoms with E-state index in [0.29, 0.717) is 33.8 Å². The van der Waals surface area contributed by atoms with Crippen molar-refractivity contribution in [1.82, 2.24) is 0 Å². The van der Waals surface area contributed by atoms with Crippen LogP contribution in [0, 0.1) is 0 Å². The van der Waals surface area contributed by atoms with Gasteiger partial charge in [0.05, 0.1) is 32.5 Å². The summed E-state index contributed by atoms with van der Waals surface area (Å²) in [5.41, 5.74) is 2.31. The maximum absolute atomic E-state index is 13.9. The van der Waals surface area contributed by atoms with E-state index in [4.69, 9.17) is 18.9 Å². The predicted octanol–water partition coefficient (Wildman–Crippen LogP) is 5.72. The van der Waals surface area contributed by atoms with Gasteiger partial charge in [-0.15, -0.1) is 0 Å². The molecule has 0 bridgehead atoms. The van der Waals surface area contributed by atoms with Crippen molar-refractivity contribution in [2.45, 2.75) is 19.4 Å². The SMILES string of the molecule is COC(=O)/C=C(/c1ccccc1)c1c2c(c(OC)c(C(=O)c3ccccc3)c1OC)C=CC(C)(C)O2. The lowest BCUT2D eigenvalue weighted by atomic mass is 9.86. The molecule has 0 unspecified atom stereocenters. The number of carbonyl (C=O) groups excluding carboxylic acids is 2. The zero-order valence-corrected chi connectivity index (χ0v) is 21.0. The van der Waals surface area contributed by atoms with E-state index in [-0.39, 0.29) is 17.1 Å². The number of methoxy groups -OCH3 is 3. The third-order valence-electron chi connectivity index (χ3n) is 5.90. The Labute approximate surface area is 210 Å². The first kappa shape index (κ1) is 24.8. The lowest BCUT2D eigenvalue weighted by molar-refractivity contribution is -0.134. The number of hydrogen-bond donors (Lipinski definition) is 0. The van der Waals surface area contributed by atoms with Crippen molar-refractivity contribution < 1.29 is 28.5 Å². The molecule has 0 amide bonds. The number of rotatable bonds is 7. The number of benzene rings is 3. The zero-order chi connectivity index (χ0) is 25.9. The van der Waals surface area contributed by atoms with E-state index < -0.39 is 11.6 Å². The van der Waals surface area contributed by atoms with Crippen LogP contribution in [0.2, 0.25) is 0 Å². The molecule has 3 aromatic carbocycles. The molecule has 0 atom stereocenters. The molecular weight excluding hydrogens is 456 g/mol. The van der Waals surface area contributed by atoms with Crippen LogP contribution in [0.1, 0.15) is 46.5 Å². The highest BCUT2D eigenvalue weighted by atomic mass is 16.5. The lowest BCUT2D eigenvalue weighted by Crippen LogP contribution is -2.29. The Morgan fingerprint density at radius 3 is 1.94 bits per heavy atom. The number of esters is 1. The zero-order valence-electron chi connectivity index (χ0n) is 21.0. The van der Waals surface area contributed by atoms with Crippen LogP contribution in [-0.4, -0.2) is 38.7 Å². The van der Waals surface area contributed by atoms with E-state index in [1.54, 1.807) is 24.3 Å². The second-order valence-corrected chi connectivity index (χ2v) is 8.74. The topological polar surface area (TPSA) is 71.1 Å². The summed E-state index contributed by atoms with van der Waals surface area (Å²) in [7, 11) is 4.30. The summed E-state index contributed by atoms with van der Waals surface area (Å²) in [6.07, 6.45) is 5.16. The van der Waals surface area contributed by atoms with Gasteiger partial charge in [0.1, 0.15) is 28.4 Å². The fraction of sp³-hybridized carbons (Fsp3) is 0.200. The van der Waals surface area contributed by atoms with Crippen LogP contribution in [0.15, 0.2) is 72.8 Å². The molecule has 0 spiro atoms. The molecule has 184 valence electrons. The minimum atomic E-state index is -0.657. The lowest BCUT2D eigenvalue weighted by Gasteiger charge is -2.32. The average molecular weight is 485 g/mol. The Hall–Kier alpha value is -4.32. The second-order valence-electron chi connectivity index (χ2n) is 8.74. The van der Waals surface area contributed by atoms with Crippen molar-refractivity contribution >= 4 is 23.4 Å². The molecule has 1 heterocycles. The first-order chi connectivity index (χ1) is 17.3. The molecule has 6 nitrogen and oxygen atoms in total. The highest BCUT2D eigenvalue weighted by molar-refractivity contribution is 6.15. The van der Waals surface area contributed by atoms with Gasteiger partial charge in [0.15, 0.2) is 0 Å². The standard InChI is InChI=1S/C30H28O6/c1-30(2)17-16-21-27(34-4)25(26(32)20-14-10-7-11-15-20)29(35-5)24(28(21)36-30)22(18-23(31)33-3)19-12-8-6-9-13-19/h6-18H,1-5H3/b22-18-. The Morgan fingerprint density at radius 2 is 1.39 bits per heavy atom. The predicted molar refractivity (Wildman–Crippen MR) is 139 cm³/mol. The van der Waals surface area contributed by atoms with E-state index >= 15 is 0 Å². The van der Waals surface area contributed by atoms with E-state index in [1.165, 1.54) is 27.4 Å². The third kappa shape index (κ3) is 4.62. The summed E-state index contributed by atoms with van der Waals surface area (Å²) < 4.78 is 23.1. The minimum Gasteiger partial charge on any atom is -0.495 e. The van der Waals surface area contributed by atoms with Gasteiger partial charge in [0.25, 0.3) is 0 Å². The van der Waals surface area contributed by atoms with E-state index in [1.807, 2.05) is 62.4 Å². The molecule has 1 aliphatic rings. The number of hydrogen-bond acceptors (Lipinski definition) is 6. The Balaban J connectivity index is 2.16. The smallest absolute Gasteiger partial charge is 0.331 e. The first-order valence-corrected chi connectivity index (χ1v) is 11.5. The fourth-order valence-corrected chi connectivity index (χ4v) is 4.24. The number of fused-ring (bicyclic) bond motifs is 1. The maximum atomic E-state index is 13.9. The largest absolute Gasteiger partial charge is 0.495 e. The van der Waals surface area contributed by atoms with Crippen LogP contribution >= 0.6 is 0 Å². The van der Waals surface area contributed by atoms with Crippen molar-refractivity contribution in [3.63, 3.8) is 0 Å². The van der Waals surface area contributed by atoms with Crippen LogP contribution in [0.25, 0.3) is 11.6 Å². The van der Waals surface area contributed by atoms with Gasteiger partial charge in [-0.05, 0) is 31.6 Å². The maximum Gasteiger partial charge on any atom is 0.331 e. The molecule has 0 aromatic heterocycles. The van der Waals surface area contributed by atoms with E-state index in [0.717, 1.165) is 5.56 Å². The Kier molecular flexibility index (Phi) is 6.97. The highest BCUT2D eigenvalue weighted by Crippen LogP contribution is 2.51. The Morgan fingerprint density at radius 1 is 0.806 bits per heavy atom. The summed E-state index contributed by atoms with van der Waals surface area (Å²) >= 11 is 0. The number of ketones is 1. The molecule has 0 saturated heterocycles. The number of carbonyl (C=O) groups is 2. The van der Waals surface area contributed by atoms with Gasteiger partial charge in [-0.2, -0.15) is 0 Å².